The molecule has 1 amide bonds. The highest BCUT2D eigenvalue weighted by molar-refractivity contribution is 5.96. The van der Waals surface area contributed by atoms with Crippen LogP contribution in [0.2, 0.25) is 0 Å². The summed E-state index contributed by atoms with van der Waals surface area (Å²) in [6.45, 7) is 3.88. The fourth-order valence-electron chi connectivity index (χ4n) is 2.25. The molecular weight excluding hydrogens is 214 g/mol. The number of rotatable bonds is 2. The first kappa shape index (κ1) is 12.0. The number of hydrogen-bond donors (Lipinski definition) is 1. The third-order valence-electron chi connectivity index (χ3n) is 3.52. The van der Waals surface area contributed by atoms with Crippen molar-refractivity contribution in [3.63, 3.8) is 0 Å². The van der Waals surface area contributed by atoms with Crippen molar-refractivity contribution < 1.29 is 4.79 Å². The van der Waals surface area contributed by atoms with Crippen LogP contribution < -0.4 is 10.2 Å². The molecule has 2 heterocycles. The summed E-state index contributed by atoms with van der Waals surface area (Å²) in [5.74, 6) is 0.884. The largest absolute Gasteiger partial charge is 0.317 e. The van der Waals surface area contributed by atoms with Gasteiger partial charge in [-0.3, -0.25) is 9.69 Å². The van der Waals surface area contributed by atoms with Gasteiger partial charge in [0.2, 0.25) is 5.91 Å². The average molecular weight is 233 g/mol. The van der Waals surface area contributed by atoms with Gasteiger partial charge in [-0.05, 0) is 38.1 Å². The number of carbonyl (C=O) groups excluding carboxylic acids is 1. The molecule has 0 spiro atoms. The standard InChI is InChI=1S/C13H19N3O/c1-13(6-9-14-10-7-13)12(17)16(2)11-5-3-4-8-15-11/h3-5,8,14H,6-7,9-10H2,1-2H3. The van der Waals surface area contributed by atoms with Crippen LogP contribution in [-0.4, -0.2) is 31.0 Å². The van der Waals surface area contributed by atoms with E-state index in [0.717, 1.165) is 31.7 Å². The molecular formula is C13H19N3O. The number of pyridine rings is 1. The van der Waals surface area contributed by atoms with Crippen molar-refractivity contribution in [2.24, 2.45) is 5.41 Å². The maximum atomic E-state index is 12.5. The van der Waals surface area contributed by atoms with Crippen molar-refractivity contribution >= 4 is 11.7 Å². The first-order valence-corrected chi connectivity index (χ1v) is 6.03. The van der Waals surface area contributed by atoms with Crippen LogP contribution >= 0.6 is 0 Å². The van der Waals surface area contributed by atoms with Crippen molar-refractivity contribution in [1.82, 2.24) is 10.3 Å². The molecule has 92 valence electrons. The van der Waals surface area contributed by atoms with Gasteiger partial charge in [0, 0.05) is 18.7 Å². The minimum atomic E-state index is -0.252. The Bertz CT molecular complexity index is 385. The van der Waals surface area contributed by atoms with Gasteiger partial charge in [-0.2, -0.15) is 0 Å². The molecule has 0 aliphatic carbocycles. The topological polar surface area (TPSA) is 45.2 Å². The lowest BCUT2D eigenvalue weighted by atomic mass is 9.80. The lowest BCUT2D eigenvalue weighted by Crippen LogP contribution is -2.46. The molecule has 1 N–H and O–H groups in total. The van der Waals surface area contributed by atoms with Crippen LogP contribution in [0, 0.1) is 5.41 Å². The third kappa shape index (κ3) is 2.47. The molecule has 0 aromatic carbocycles. The van der Waals surface area contributed by atoms with Gasteiger partial charge in [0.1, 0.15) is 5.82 Å². The van der Waals surface area contributed by atoms with Gasteiger partial charge in [0.25, 0.3) is 0 Å². The Balaban J connectivity index is 2.14. The Hall–Kier alpha value is -1.42. The van der Waals surface area contributed by atoms with Crippen LogP contribution in [0.15, 0.2) is 24.4 Å². The second-order valence-electron chi connectivity index (χ2n) is 4.86. The zero-order chi connectivity index (χ0) is 12.3. The Morgan fingerprint density at radius 1 is 1.41 bits per heavy atom. The van der Waals surface area contributed by atoms with Gasteiger partial charge in [0.15, 0.2) is 0 Å². The molecule has 0 unspecified atom stereocenters. The van der Waals surface area contributed by atoms with Crippen molar-refractivity contribution in [3.05, 3.63) is 24.4 Å². The van der Waals surface area contributed by atoms with Crippen molar-refractivity contribution in [2.45, 2.75) is 19.8 Å². The summed E-state index contributed by atoms with van der Waals surface area (Å²) in [4.78, 5) is 18.4. The van der Waals surface area contributed by atoms with E-state index in [9.17, 15) is 4.79 Å². The maximum Gasteiger partial charge on any atom is 0.233 e. The number of piperidine rings is 1. The fraction of sp³-hybridized carbons (Fsp3) is 0.538. The van der Waals surface area contributed by atoms with Crippen LogP contribution in [0.5, 0.6) is 0 Å². The molecule has 1 saturated heterocycles. The number of amides is 1. The third-order valence-corrected chi connectivity index (χ3v) is 3.52. The second-order valence-corrected chi connectivity index (χ2v) is 4.86. The number of hydrogen-bond acceptors (Lipinski definition) is 3. The second kappa shape index (κ2) is 4.84. The van der Waals surface area contributed by atoms with Crippen molar-refractivity contribution in [2.75, 3.05) is 25.0 Å². The molecule has 17 heavy (non-hydrogen) atoms. The summed E-state index contributed by atoms with van der Waals surface area (Å²) < 4.78 is 0. The van der Waals surface area contributed by atoms with E-state index < -0.39 is 0 Å². The number of nitrogens with one attached hydrogen (secondary N) is 1. The van der Waals surface area contributed by atoms with E-state index in [-0.39, 0.29) is 11.3 Å². The summed E-state index contributed by atoms with van der Waals surface area (Å²) in [6, 6.07) is 5.62. The summed E-state index contributed by atoms with van der Waals surface area (Å²) in [5, 5.41) is 3.29. The average Bonchev–Trinajstić information content (AvgIpc) is 2.39. The molecule has 0 atom stereocenters. The molecule has 1 aromatic rings. The minimum absolute atomic E-state index is 0.165. The Morgan fingerprint density at radius 3 is 2.71 bits per heavy atom. The number of anilines is 1. The number of carbonyl (C=O) groups is 1. The molecule has 1 aliphatic rings. The van der Waals surface area contributed by atoms with E-state index in [0.29, 0.717) is 0 Å². The van der Waals surface area contributed by atoms with Crippen LogP contribution in [-0.2, 0) is 4.79 Å². The van der Waals surface area contributed by atoms with E-state index in [1.54, 1.807) is 18.1 Å². The van der Waals surface area contributed by atoms with Crippen molar-refractivity contribution in [3.8, 4) is 0 Å². The fourth-order valence-corrected chi connectivity index (χ4v) is 2.25. The normalized spacial score (nSPS) is 18.7. The van der Waals surface area contributed by atoms with E-state index in [1.165, 1.54) is 0 Å². The van der Waals surface area contributed by atoms with Gasteiger partial charge in [0.05, 0.1) is 0 Å². The van der Waals surface area contributed by atoms with Crippen molar-refractivity contribution in [1.29, 1.82) is 0 Å². The van der Waals surface area contributed by atoms with Gasteiger partial charge >= 0.3 is 0 Å². The molecule has 0 bridgehead atoms. The quantitative estimate of drug-likeness (QED) is 0.840. The van der Waals surface area contributed by atoms with E-state index >= 15 is 0 Å². The maximum absolute atomic E-state index is 12.5. The molecule has 1 fully saturated rings. The highest BCUT2D eigenvalue weighted by atomic mass is 16.2. The van der Waals surface area contributed by atoms with Gasteiger partial charge in [-0.1, -0.05) is 13.0 Å². The highest BCUT2D eigenvalue weighted by Gasteiger charge is 2.37. The van der Waals surface area contributed by atoms with E-state index in [4.69, 9.17) is 0 Å². The molecule has 2 rings (SSSR count). The predicted molar refractivity (Wildman–Crippen MR) is 67.9 cm³/mol. The summed E-state index contributed by atoms with van der Waals surface area (Å²) >= 11 is 0. The molecule has 0 saturated carbocycles. The summed E-state index contributed by atoms with van der Waals surface area (Å²) in [7, 11) is 1.80. The molecule has 1 aliphatic heterocycles. The molecule has 4 heteroatoms. The summed E-state index contributed by atoms with van der Waals surface area (Å²) in [5.41, 5.74) is -0.252. The first-order chi connectivity index (χ1) is 8.13. The zero-order valence-electron chi connectivity index (χ0n) is 10.4. The van der Waals surface area contributed by atoms with Gasteiger partial charge in [-0.15, -0.1) is 0 Å². The lowest BCUT2D eigenvalue weighted by molar-refractivity contribution is -0.128. The lowest BCUT2D eigenvalue weighted by Gasteiger charge is -2.35. The Morgan fingerprint density at radius 2 is 2.12 bits per heavy atom. The smallest absolute Gasteiger partial charge is 0.233 e. The number of aromatic nitrogens is 1. The zero-order valence-corrected chi connectivity index (χ0v) is 10.4. The predicted octanol–water partition coefficient (Wildman–Crippen LogP) is 1.43. The Kier molecular flexibility index (Phi) is 3.43. The van der Waals surface area contributed by atoms with Gasteiger partial charge in [-0.25, -0.2) is 4.98 Å². The van der Waals surface area contributed by atoms with Crippen LogP contribution in [0.3, 0.4) is 0 Å². The van der Waals surface area contributed by atoms with E-state index in [2.05, 4.69) is 17.2 Å². The van der Waals surface area contributed by atoms with Crippen LogP contribution in [0.4, 0.5) is 5.82 Å². The summed E-state index contributed by atoms with van der Waals surface area (Å²) in [6.07, 6.45) is 3.50. The Labute approximate surface area is 102 Å². The van der Waals surface area contributed by atoms with Crippen LogP contribution in [0.25, 0.3) is 0 Å². The SMILES string of the molecule is CN(C(=O)C1(C)CCNCC1)c1ccccn1. The van der Waals surface area contributed by atoms with Crippen LogP contribution in [0.1, 0.15) is 19.8 Å². The highest BCUT2D eigenvalue weighted by Crippen LogP contribution is 2.31. The monoisotopic (exact) mass is 233 g/mol. The molecule has 0 radical (unpaired) electrons. The molecule has 1 aromatic heterocycles. The van der Waals surface area contributed by atoms with E-state index in [1.807, 2.05) is 18.2 Å². The minimum Gasteiger partial charge on any atom is -0.317 e. The first-order valence-electron chi connectivity index (χ1n) is 6.03. The molecule has 4 nitrogen and oxygen atoms in total. The number of nitrogens with zero attached hydrogens (tertiary/aromatic N) is 2. The van der Waals surface area contributed by atoms with Gasteiger partial charge < -0.3 is 5.32 Å².